The Morgan fingerprint density at radius 3 is 2.59 bits per heavy atom. The van der Waals surface area contributed by atoms with Gasteiger partial charge in [0.05, 0.1) is 18.6 Å². The van der Waals surface area contributed by atoms with E-state index >= 15 is 0 Å². The second-order valence-corrected chi connectivity index (χ2v) is 7.74. The van der Waals surface area contributed by atoms with E-state index in [9.17, 15) is 13.2 Å². The van der Waals surface area contributed by atoms with Gasteiger partial charge in [-0.25, -0.2) is 19.7 Å². The molecule has 0 radical (unpaired) electrons. The number of imidazole rings is 1. The summed E-state index contributed by atoms with van der Waals surface area (Å²) in [5.74, 6) is -1.89. The Morgan fingerprint density at radius 1 is 1.34 bits per heavy atom. The van der Waals surface area contributed by atoms with Crippen molar-refractivity contribution in [3.05, 3.63) is 47.6 Å². The Balaban J connectivity index is 0.000000370. The highest BCUT2D eigenvalue weighted by Crippen LogP contribution is 2.30. The number of carbonyl (C=O) groups is 1. The number of hydrogen-bond donors (Lipinski definition) is 2. The fourth-order valence-corrected chi connectivity index (χ4v) is 3.77. The van der Waals surface area contributed by atoms with Crippen LogP contribution in [0.3, 0.4) is 0 Å². The molecule has 156 valence electrons. The van der Waals surface area contributed by atoms with Crippen LogP contribution < -0.4 is 5.32 Å². The molecule has 0 unspecified atom stereocenters. The van der Waals surface area contributed by atoms with Crippen LogP contribution in [0.25, 0.3) is 0 Å². The monoisotopic (exact) mass is 445 g/mol. The van der Waals surface area contributed by atoms with E-state index in [0.29, 0.717) is 0 Å². The van der Waals surface area contributed by atoms with E-state index in [0.717, 1.165) is 39.5 Å². The Hall–Kier alpha value is -2.60. The maximum Gasteiger partial charge on any atom is 0.490 e. The van der Waals surface area contributed by atoms with Crippen LogP contribution in [0.4, 0.5) is 19.0 Å². The smallest absolute Gasteiger partial charge is 0.475 e. The number of pyridine rings is 1. The zero-order valence-corrected chi connectivity index (χ0v) is 17.1. The van der Waals surface area contributed by atoms with E-state index < -0.39 is 12.1 Å². The van der Waals surface area contributed by atoms with Gasteiger partial charge in [-0.2, -0.15) is 13.2 Å². The van der Waals surface area contributed by atoms with E-state index in [4.69, 9.17) is 9.90 Å². The number of aryl methyl sites for hydroxylation is 2. The molecule has 0 saturated heterocycles. The van der Waals surface area contributed by atoms with Gasteiger partial charge in [-0.3, -0.25) is 0 Å². The van der Waals surface area contributed by atoms with E-state index in [-0.39, 0.29) is 0 Å². The molecule has 0 fully saturated rings. The molecular weight excluding hydrogens is 427 g/mol. The summed E-state index contributed by atoms with van der Waals surface area (Å²) in [5.41, 5.74) is 2.22. The van der Waals surface area contributed by atoms with Crippen LogP contribution in [0, 0.1) is 6.92 Å². The van der Waals surface area contributed by atoms with Gasteiger partial charge >= 0.3 is 12.1 Å². The molecule has 7 nitrogen and oxygen atoms in total. The minimum atomic E-state index is -5.08. The van der Waals surface area contributed by atoms with Crippen LogP contribution in [-0.4, -0.2) is 36.8 Å². The number of aromatic nitrogens is 4. The summed E-state index contributed by atoms with van der Waals surface area (Å²) in [6.45, 7) is 5.76. The van der Waals surface area contributed by atoms with Crippen LogP contribution in [0.5, 0.6) is 0 Å². The number of nitrogens with zero attached hydrogens (tertiary/aromatic N) is 4. The second kappa shape index (κ2) is 10.3. The van der Waals surface area contributed by atoms with Crippen molar-refractivity contribution in [1.29, 1.82) is 0 Å². The van der Waals surface area contributed by atoms with Gasteiger partial charge in [0.2, 0.25) is 0 Å². The number of anilines is 1. The van der Waals surface area contributed by atoms with Crippen molar-refractivity contribution in [3.63, 3.8) is 0 Å². The van der Waals surface area contributed by atoms with Gasteiger partial charge in [-0.05, 0) is 26.0 Å². The third-order valence-corrected chi connectivity index (χ3v) is 5.41. The standard InChI is InChI=1S/C15H17N5S2.C2HF3O2/c1-3-20-10-16-6-12(20)7-17-14-5-4-13(8-18-14)22-15-19-11(2)9-21-15;3-2(4,5)1(6)7/h4-6,8-10H,3,7H2,1-2H3,(H,17,18);(H,6,7). The molecule has 0 saturated carbocycles. The predicted octanol–water partition coefficient (Wildman–Crippen LogP) is 4.46. The minimum Gasteiger partial charge on any atom is -0.475 e. The summed E-state index contributed by atoms with van der Waals surface area (Å²) in [6, 6.07) is 4.06. The Morgan fingerprint density at radius 2 is 2.07 bits per heavy atom. The molecule has 0 aliphatic heterocycles. The first kappa shape index (κ1) is 22.7. The van der Waals surface area contributed by atoms with Crippen molar-refractivity contribution in [2.45, 2.75) is 42.3 Å². The highest BCUT2D eigenvalue weighted by molar-refractivity contribution is 8.01. The van der Waals surface area contributed by atoms with Gasteiger partial charge in [0, 0.05) is 34.9 Å². The largest absolute Gasteiger partial charge is 0.490 e. The average Bonchev–Trinajstić information content (AvgIpc) is 3.29. The van der Waals surface area contributed by atoms with Crippen molar-refractivity contribution in [1.82, 2.24) is 19.5 Å². The summed E-state index contributed by atoms with van der Waals surface area (Å²) < 4.78 is 34.9. The molecule has 0 aliphatic rings. The van der Waals surface area contributed by atoms with Gasteiger partial charge < -0.3 is 15.0 Å². The van der Waals surface area contributed by atoms with E-state index in [1.54, 1.807) is 23.1 Å². The SMILES string of the molecule is CCn1cncc1CNc1ccc(Sc2nc(C)cs2)cn1.O=C(O)C(F)(F)F. The molecule has 3 heterocycles. The van der Waals surface area contributed by atoms with Crippen molar-refractivity contribution < 1.29 is 23.1 Å². The lowest BCUT2D eigenvalue weighted by atomic mass is 10.4. The predicted molar refractivity (Wildman–Crippen MR) is 104 cm³/mol. The van der Waals surface area contributed by atoms with E-state index in [1.807, 2.05) is 31.7 Å². The second-order valence-electron chi connectivity index (χ2n) is 5.56. The number of nitrogens with one attached hydrogen (secondary N) is 1. The molecule has 0 amide bonds. The van der Waals surface area contributed by atoms with Gasteiger partial charge in [-0.15, -0.1) is 11.3 Å². The number of carboxylic acid groups (broad SMARTS) is 1. The molecule has 3 rings (SSSR count). The summed E-state index contributed by atoms with van der Waals surface area (Å²) in [5, 5.41) is 12.5. The topological polar surface area (TPSA) is 92.9 Å². The first-order valence-electron chi connectivity index (χ1n) is 8.28. The third kappa shape index (κ3) is 7.38. The zero-order chi connectivity index (χ0) is 21.4. The van der Waals surface area contributed by atoms with E-state index in [1.165, 1.54) is 0 Å². The number of thiazole rings is 1. The molecule has 29 heavy (non-hydrogen) atoms. The number of hydrogen-bond acceptors (Lipinski definition) is 7. The molecule has 3 aromatic rings. The molecule has 0 aromatic carbocycles. The van der Waals surface area contributed by atoms with Gasteiger partial charge in [0.25, 0.3) is 0 Å². The van der Waals surface area contributed by atoms with Gasteiger partial charge in [0.15, 0.2) is 4.34 Å². The first-order chi connectivity index (χ1) is 13.7. The van der Waals surface area contributed by atoms with Gasteiger partial charge in [-0.1, -0.05) is 11.8 Å². The maximum absolute atomic E-state index is 10.6. The minimum absolute atomic E-state index is 0.721. The Bertz CT molecular complexity index is 926. The fourth-order valence-electron chi connectivity index (χ4n) is 1.99. The molecule has 0 atom stereocenters. The number of rotatable bonds is 6. The quantitative estimate of drug-likeness (QED) is 0.579. The highest BCUT2D eigenvalue weighted by atomic mass is 32.2. The van der Waals surface area contributed by atoms with Crippen LogP contribution in [-0.2, 0) is 17.9 Å². The number of aliphatic carboxylic acids is 1. The maximum atomic E-state index is 10.6. The highest BCUT2D eigenvalue weighted by Gasteiger charge is 2.38. The van der Waals surface area contributed by atoms with Crippen molar-refractivity contribution in [2.24, 2.45) is 0 Å². The molecule has 0 aliphatic carbocycles. The molecule has 3 aromatic heterocycles. The lowest BCUT2D eigenvalue weighted by molar-refractivity contribution is -0.192. The molecular formula is C17H18F3N5O2S2. The summed E-state index contributed by atoms with van der Waals surface area (Å²) >= 11 is 3.30. The van der Waals surface area contributed by atoms with Crippen LogP contribution in [0.15, 0.2) is 45.5 Å². The molecule has 2 N–H and O–H groups in total. The average molecular weight is 445 g/mol. The van der Waals surface area contributed by atoms with Crippen molar-refractivity contribution >= 4 is 34.9 Å². The normalized spacial score (nSPS) is 10.9. The molecule has 0 spiro atoms. The number of carboxylic acids is 1. The van der Waals surface area contributed by atoms with Crippen LogP contribution in [0.1, 0.15) is 18.3 Å². The fraction of sp³-hybridized carbons (Fsp3) is 0.294. The van der Waals surface area contributed by atoms with E-state index in [2.05, 4.69) is 43.2 Å². The number of alkyl halides is 3. The lowest BCUT2D eigenvalue weighted by Gasteiger charge is -2.08. The van der Waals surface area contributed by atoms with Crippen LogP contribution in [0.2, 0.25) is 0 Å². The Labute approximate surface area is 173 Å². The summed E-state index contributed by atoms with van der Waals surface area (Å²) in [4.78, 5) is 23.1. The van der Waals surface area contributed by atoms with Crippen LogP contribution >= 0.6 is 23.1 Å². The van der Waals surface area contributed by atoms with Crippen molar-refractivity contribution in [3.8, 4) is 0 Å². The lowest BCUT2D eigenvalue weighted by Crippen LogP contribution is -2.21. The Kier molecular flexibility index (Phi) is 8.02. The van der Waals surface area contributed by atoms with Gasteiger partial charge in [0.1, 0.15) is 5.82 Å². The third-order valence-electron chi connectivity index (χ3n) is 3.37. The summed E-state index contributed by atoms with van der Waals surface area (Å²) in [7, 11) is 0. The zero-order valence-electron chi connectivity index (χ0n) is 15.5. The molecule has 12 heteroatoms. The van der Waals surface area contributed by atoms with Crippen molar-refractivity contribution in [2.75, 3.05) is 5.32 Å². The first-order valence-corrected chi connectivity index (χ1v) is 9.97. The number of halogens is 3. The summed E-state index contributed by atoms with van der Waals surface area (Å²) in [6.07, 6.45) is 0.520. The molecule has 0 bridgehead atoms.